The molecule has 0 aromatic heterocycles. The van der Waals surface area contributed by atoms with Crippen molar-refractivity contribution in [2.45, 2.75) is 24.8 Å². The highest BCUT2D eigenvalue weighted by Gasteiger charge is 2.32. The molecule has 0 amide bonds. The van der Waals surface area contributed by atoms with Crippen molar-refractivity contribution in [2.75, 3.05) is 12.4 Å². The number of methoxy groups -OCH3 is 1. The van der Waals surface area contributed by atoms with Crippen LogP contribution in [-0.4, -0.2) is 13.2 Å². The van der Waals surface area contributed by atoms with Gasteiger partial charge in [-0.05, 0) is 65.1 Å². The molecule has 1 N–H and O–H groups in total. The minimum absolute atomic E-state index is 0.570. The molecule has 0 radical (unpaired) electrons. The molecule has 3 heteroatoms. The van der Waals surface area contributed by atoms with Crippen LogP contribution in [0.5, 0.6) is 5.75 Å². The highest BCUT2D eigenvalue weighted by molar-refractivity contribution is 14.1. The highest BCUT2D eigenvalue weighted by Crippen LogP contribution is 2.42. The maximum Gasteiger partial charge on any atom is 0.122 e. The fourth-order valence-electron chi connectivity index (χ4n) is 2.79. The topological polar surface area (TPSA) is 21.3 Å². The number of rotatable bonds is 4. The Morgan fingerprint density at radius 2 is 1.75 bits per heavy atom. The van der Waals surface area contributed by atoms with Gasteiger partial charge < -0.3 is 10.1 Å². The van der Waals surface area contributed by atoms with Crippen molar-refractivity contribution in [1.82, 2.24) is 0 Å². The van der Waals surface area contributed by atoms with E-state index in [1.54, 1.807) is 7.11 Å². The van der Waals surface area contributed by atoms with Gasteiger partial charge in [0.2, 0.25) is 0 Å². The molecule has 1 aliphatic carbocycles. The molecule has 0 aliphatic heterocycles. The third-order valence-electron chi connectivity index (χ3n) is 3.95. The Morgan fingerprint density at radius 3 is 2.50 bits per heavy atom. The maximum absolute atomic E-state index is 5.45. The van der Waals surface area contributed by atoms with Crippen molar-refractivity contribution in [1.29, 1.82) is 0 Å². The third-order valence-corrected chi connectivity index (χ3v) is 4.89. The molecule has 0 atom stereocenters. The molecular formula is C17H18INO. The van der Waals surface area contributed by atoms with Gasteiger partial charge in [0.05, 0.1) is 7.11 Å². The third kappa shape index (κ3) is 2.77. The van der Waals surface area contributed by atoms with Crippen molar-refractivity contribution in [2.24, 2.45) is 0 Å². The highest BCUT2D eigenvalue weighted by atomic mass is 127. The van der Waals surface area contributed by atoms with E-state index in [2.05, 4.69) is 70.4 Å². The zero-order valence-corrected chi connectivity index (χ0v) is 13.6. The second-order valence-corrected chi connectivity index (χ2v) is 6.39. The van der Waals surface area contributed by atoms with Crippen LogP contribution < -0.4 is 10.1 Å². The van der Waals surface area contributed by atoms with E-state index in [-0.39, 0.29) is 0 Å². The summed E-state index contributed by atoms with van der Waals surface area (Å²) in [5.41, 5.74) is 2.59. The normalized spacial score (nSPS) is 21.1. The van der Waals surface area contributed by atoms with Gasteiger partial charge in [-0.15, -0.1) is 0 Å². The summed E-state index contributed by atoms with van der Waals surface area (Å²) in [5, 5.41) is 3.64. The van der Waals surface area contributed by atoms with Gasteiger partial charge >= 0.3 is 0 Å². The van der Waals surface area contributed by atoms with E-state index < -0.39 is 0 Å². The van der Waals surface area contributed by atoms with E-state index in [9.17, 15) is 0 Å². The van der Waals surface area contributed by atoms with Crippen molar-refractivity contribution in [3.05, 3.63) is 57.7 Å². The van der Waals surface area contributed by atoms with Gasteiger partial charge in [-0.1, -0.05) is 30.3 Å². The second kappa shape index (κ2) is 6.04. The summed E-state index contributed by atoms with van der Waals surface area (Å²) in [6.07, 6.45) is 2.34. The van der Waals surface area contributed by atoms with E-state index in [4.69, 9.17) is 4.74 Å². The Hall–Kier alpha value is -1.23. The first-order chi connectivity index (χ1) is 9.78. The summed E-state index contributed by atoms with van der Waals surface area (Å²) in [6, 6.07) is 17.4. The van der Waals surface area contributed by atoms with Crippen LogP contribution in [0.4, 0.5) is 5.69 Å². The lowest BCUT2D eigenvalue weighted by Crippen LogP contribution is -2.34. The molecule has 0 unspecified atom stereocenters. The summed E-state index contributed by atoms with van der Waals surface area (Å²) in [4.78, 5) is 0. The van der Waals surface area contributed by atoms with Crippen LogP contribution in [0, 0.1) is 3.57 Å². The number of nitrogens with one attached hydrogen (secondary N) is 1. The van der Waals surface area contributed by atoms with Gasteiger partial charge in [-0.2, -0.15) is 0 Å². The summed E-state index contributed by atoms with van der Waals surface area (Å²) < 4.78 is 6.74. The molecule has 0 saturated heterocycles. The van der Waals surface area contributed by atoms with Gasteiger partial charge in [0.25, 0.3) is 0 Å². The molecule has 20 heavy (non-hydrogen) atoms. The minimum atomic E-state index is 0.570. The molecule has 2 nitrogen and oxygen atoms in total. The number of hydrogen-bond donors (Lipinski definition) is 1. The Bertz CT molecular complexity index is 593. The van der Waals surface area contributed by atoms with Crippen LogP contribution in [-0.2, 0) is 0 Å². The summed E-state index contributed by atoms with van der Waals surface area (Å²) in [7, 11) is 1.75. The van der Waals surface area contributed by atoms with E-state index in [1.807, 2.05) is 6.07 Å². The number of halogens is 1. The number of hydrogen-bond acceptors (Lipinski definition) is 2. The fourth-order valence-corrected chi connectivity index (χ4v) is 3.33. The first kappa shape index (κ1) is 13.7. The van der Waals surface area contributed by atoms with Crippen LogP contribution in [0.2, 0.25) is 0 Å². The van der Waals surface area contributed by atoms with Crippen LogP contribution in [0.25, 0.3) is 0 Å². The second-order valence-electron chi connectivity index (χ2n) is 5.23. The number of para-hydroxylation sites is 2. The standard InChI is InChI=1S/C17H18INO/c1-20-17-9-5-2-6-14(17)12-10-13(11-12)19-16-8-4-3-7-15(16)18/h2-9,12-13,19H,10-11H2,1H3. The SMILES string of the molecule is COc1ccccc1C1CC(Nc2ccccc2I)C1. The predicted molar refractivity (Wildman–Crippen MR) is 91.5 cm³/mol. The number of ether oxygens (including phenoxy) is 1. The molecule has 0 bridgehead atoms. The van der Waals surface area contributed by atoms with Gasteiger partial charge in [-0.25, -0.2) is 0 Å². The molecule has 104 valence electrons. The van der Waals surface area contributed by atoms with Gasteiger partial charge in [0.15, 0.2) is 0 Å². The molecule has 1 saturated carbocycles. The summed E-state index contributed by atoms with van der Waals surface area (Å²) >= 11 is 2.38. The van der Waals surface area contributed by atoms with E-state index in [0.29, 0.717) is 12.0 Å². The molecular weight excluding hydrogens is 361 g/mol. The molecule has 1 fully saturated rings. The van der Waals surface area contributed by atoms with Crippen molar-refractivity contribution in [3.8, 4) is 5.75 Å². The summed E-state index contributed by atoms with van der Waals surface area (Å²) in [6.45, 7) is 0. The van der Waals surface area contributed by atoms with Gasteiger partial charge in [0, 0.05) is 15.3 Å². The lowest BCUT2D eigenvalue weighted by atomic mass is 9.75. The first-order valence-corrected chi connectivity index (χ1v) is 8.00. The van der Waals surface area contributed by atoms with E-state index in [1.165, 1.54) is 27.7 Å². The average Bonchev–Trinajstić information content (AvgIpc) is 2.44. The largest absolute Gasteiger partial charge is 0.496 e. The van der Waals surface area contributed by atoms with Crippen LogP contribution in [0.1, 0.15) is 24.3 Å². The average molecular weight is 379 g/mol. The Kier molecular flexibility index (Phi) is 4.15. The van der Waals surface area contributed by atoms with E-state index in [0.717, 1.165) is 5.75 Å². The fraction of sp³-hybridized carbons (Fsp3) is 0.294. The van der Waals surface area contributed by atoms with E-state index >= 15 is 0 Å². The van der Waals surface area contributed by atoms with Crippen molar-refractivity contribution >= 4 is 28.3 Å². The maximum atomic E-state index is 5.45. The van der Waals surface area contributed by atoms with Crippen molar-refractivity contribution in [3.63, 3.8) is 0 Å². The lowest BCUT2D eigenvalue weighted by molar-refractivity contribution is 0.349. The van der Waals surface area contributed by atoms with Gasteiger partial charge in [0.1, 0.15) is 5.75 Å². The van der Waals surface area contributed by atoms with Gasteiger partial charge in [-0.3, -0.25) is 0 Å². The number of anilines is 1. The molecule has 0 spiro atoms. The molecule has 2 aromatic carbocycles. The van der Waals surface area contributed by atoms with Crippen LogP contribution in [0.3, 0.4) is 0 Å². The zero-order valence-electron chi connectivity index (χ0n) is 11.5. The number of benzene rings is 2. The molecule has 3 rings (SSSR count). The Labute approximate surface area is 133 Å². The Morgan fingerprint density at radius 1 is 1.05 bits per heavy atom. The van der Waals surface area contributed by atoms with Crippen molar-refractivity contribution < 1.29 is 4.74 Å². The predicted octanol–water partition coefficient (Wildman–Crippen LogP) is 4.66. The smallest absolute Gasteiger partial charge is 0.122 e. The monoisotopic (exact) mass is 379 g/mol. The lowest BCUT2D eigenvalue weighted by Gasteiger charge is -2.37. The Balaban J connectivity index is 1.63. The van der Waals surface area contributed by atoms with Crippen LogP contribution >= 0.6 is 22.6 Å². The quantitative estimate of drug-likeness (QED) is 0.781. The molecule has 2 aromatic rings. The summed E-state index contributed by atoms with van der Waals surface area (Å²) in [5.74, 6) is 1.63. The first-order valence-electron chi connectivity index (χ1n) is 6.92. The molecule has 0 heterocycles. The van der Waals surface area contributed by atoms with Crippen LogP contribution in [0.15, 0.2) is 48.5 Å². The molecule has 1 aliphatic rings. The minimum Gasteiger partial charge on any atom is -0.496 e. The zero-order chi connectivity index (χ0) is 13.9.